The molecule has 0 aromatic heterocycles. The van der Waals surface area contributed by atoms with Gasteiger partial charge in [0.25, 0.3) is 5.91 Å². The van der Waals surface area contributed by atoms with Crippen molar-refractivity contribution in [3.63, 3.8) is 0 Å². The average Bonchev–Trinajstić information content (AvgIpc) is 2.77. The van der Waals surface area contributed by atoms with Gasteiger partial charge in [0.2, 0.25) is 0 Å². The number of hydrogen-bond donors (Lipinski definition) is 2. The van der Waals surface area contributed by atoms with Crippen LogP contribution in [0.1, 0.15) is 38.3 Å². The van der Waals surface area contributed by atoms with Crippen molar-refractivity contribution in [1.82, 2.24) is 5.32 Å². The number of carbonyl (C=O) groups excluding carboxylic acids is 2. The average molecular weight is 277 g/mol. The number of hydrogen-bond acceptors (Lipinski definition) is 4. The SMILES string of the molecule is Cc1ccc(C)c(C(=O)NC2CCOC2=O)c1C(=O)O. The summed E-state index contributed by atoms with van der Waals surface area (Å²) in [5.41, 5.74) is 1.12. The van der Waals surface area contributed by atoms with Crippen LogP contribution in [0.15, 0.2) is 12.1 Å². The van der Waals surface area contributed by atoms with E-state index >= 15 is 0 Å². The third-order valence-corrected chi connectivity index (χ3v) is 3.30. The molecule has 1 aliphatic rings. The van der Waals surface area contributed by atoms with Crippen molar-refractivity contribution in [3.8, 4) is 0 Å². The maximum atomic E-state index is 12.3. The quantitative estimate of drug-likeness (QED) is 0.805. The molecule has 1 fully saturated rings. The van der Waals surface area contributed by atoms with Gasteiger partial charge in [0.1, 0.15) is 6.04 Å². The lowest BCUT2D eigenvalue weighted by atomic mass is 9.96. The molecule has 20 heavy (non-hydrogen) atoms. The summed E-state index contributed by atoms with van der Waals surface area (Å²) in [5.74, 6) is -2.21. The molecule has 106 valence electrons. The number of benzene rings is 1. The number of amides is 1. The second-order valence-corrected chi connectivity index (χ2v) is 4.74. The van der Waals surface area contributed by atoms with Gasteiger partial charge in [0, 0.05) is 6.42 Å². The predicted molar refractivity (Wildman–Crippen MR) is 69.7 cm³/mol. The molecule has 6 heteroatoms. The van der Waals surface area contributed by atoms with E-state index < -0.39 is 23.9 Å². The molecule has 1 atom stereocenters. The van der Waals surface area contributed by atoms with Crippen LogP contribution in [0.25, 0.3) is 0 Å². The van der Waals surface area contributed by atoms with Crippen molar-refractivity contribution in [3.05, 3.63) is 34.4 Å². The van der Waals surface area contributed by atoms with Crippen LogP contribution in [0.4, 0.5) is 0 Å². The van der Waals surface area contributed by atoms with E-state index in [9.17, 15) is 19.5 Å². The highest BCUT2D eigenvalue weighted by Gasteiger charge is 2.30. The molecule has 0 radical (unpaired) electrons. The maximum absolute atomic E-state index is 12.3. The summed E-state index contributed by atoms with van der Waals surface area (Å²) in [6, 6.07) is 2.63. The fourth-order valence-electron chi connectivity index (χ4n) is 2.24. The molecule has 2 rings (SSSR count). The van der Waals surface area contributed by atoms with Gasteiger partial charge in [-0.1, -0.05) is 12.1 Å². The van der Waals surface area contributed by atoms with Crippen molar-refractivity contribution in [2.75, 3.05) is 6.61 Å². The standard InChI is InChI=1S/C14H15NO5/c1-7-3-4-8(2)11(13(17)18)10(7)12(16)15-9-5-6-20-14(9)19/h3-4,9H,5-6H2,1-2H3,(H,15,16)(H,17,18). The first kappa shape index (κ1) is 14.0. The number of carboxylic acid groups (broad SMARTS) is 1. The summed E-state index contributed by atoms with van der Waals surface area (Å²) in [4.78, 5) is 34.9. The minimum Gasteiger partial charge on any atom is -0.478 e. The molecule has 0 aliphatic carbocycles. The molecule has 0 saturated carbocycles. The third-order valence-electron chi connectivity index (χ3n) is 3.30. The largest absolute Gasteiger partial charge is 0.478 e. The van der Waals surface area contributed by atoms with E-state index in [0.29, 0.717) is 17.5 Å². The van der Waals surface area contributed by atoms with Gasteiger partial charge >= 0.3 is 11.9 Å². The second kappa shape index (κ2) is 5.32. The predicted octanol–water partition coefficient (Wildman–Crippen LogP) is 1.05. The van der Waals surface area contributed by atoms with E-state index in [1.165, 1.54) is 0 Å². The Balaban J connectivity index is 2.36. The van der Waals surface area contributed by atoms with Crippen LogP contribution in [-0.2, 0) is 9.53 Å². The van der Waals surface area contributed by atoms with Gasteiger partial charge in [0.15, 0.2) is 0 Å². The van der Waals surface area contributed by atoms with Gasteiger partial charge in [-0.15, -0.1) is 0 Å². The van der Waals surface area contributed by atoms with Crippen LogP contribution in [0.5, 0.6) is 0 Å². The fourth-order valence-corrected chi connectivity index (χ4v) is 2.24. The Morgan fingerprint density at radius 2 is 1.85 bits per heavy atom. The van der Waals surface area contributed by atoms with Crippen LogP contribution in [0.2, 0.25) is 0 Å². The third kappa shape index (κ3) is 2.49. The van der Waals surface area contributed by atoms with Gasteiger partial charge in [0.05, 0.1) is 17.7 Å². The van der Waals surface area contributed by atoms with E-state index in [-0.39, 0.29) is 17.7 Å². The van der Waals surface area contributed by atoms with Gasteiger partial charge in [-0.2, -0.15) is 0 Å². The molecule has 1 aliphatic heterocycles. The number of nitrogens with one attached hydrogen (secondary N) is 1. The molecule has 1 aromatic rings. The molecule has 1 aromatic carbocycles. The molecule has 1 heterocycles. The molecule has 0 spiro atoms. The Morgan fingerprint density at radius 3 is 2.35 bits per heavy atom. The highest BCUT2D eigenvalue weighted by atomic mass is 16.5. The summed E-state index contributed by atoms with van der Waals surface area (Å²) in [5, 5.41) is 11.8. The topological polar surface area (TPSA) is 92.7 Å². The molecule has 1 unspecified atom stereocenters. The fraction of sp³-hybridized carbons (Fsp3) is 0.357. The van der Waals surface area contributed by atoms with E-state index in [2.05, 4.69) is 5.32 Å². The maximum Gasteiger partial charge on any atom is 0.336 e. The smallest absolute Gasteiger partial charge is 0.336 e. The summed E-state index contributed by atoms with van der Waals surface area (Å²) in [7, 11) is 0. The molecule has 1 saturated heterocycles. The zero-order valence-corrected chi connectivity index (χ0v) is 11.2. The number of esters is 1. The normalized spacial score (nSPS) is 17.7. The van der Waals surface area contributed by atoms with E-state index in [0.717, 1.165) is 0 Å². The molecule has 2 N–H and O–H groups in total. The zero-order valence-electron chi connectivity index (χ0n) is 11.2. The Morgan fingerprint density at radius 1 is 1.25 bits per heavy atom. The highest BCUT2D eigenvalue weighted by Crippen LogP contribution is 2.19. The van der Waals surface area contributed by atoms with Crippen molar-refractivity contribution in [2.24, 2.45) is 0 Å². The monoisotopic (exact) mass is 277 g/mol. The second-order valence-electron chi connectivity index (χ2n) is 4.74. The van der Waals surface area contributed by atoms with Crippen molar-refractivity contribution in [1.29, 1.82) is 0 Å². The minimum atomic E-state index is -1.16. The van der Waals surface area contributed by atoms with Gasteiger partial charge in [-0.25, -0.2) is 9.59 Å². The number of aryl methyl sites for hydroxylation is 2. The lowest BCUT2D eigenvalue weighted by Crippen LogP contribution is -2.39. The number of rotatable bonds is 3. The van der Waals surface area contributed by atoms with Gasteiger partial charge in [-0.05, 0) is 25.0 Å². The Labute approximate surface area is 115 Å². The number of carbonyl (C=O) groups is 3. The van der Waals surface area contributed by atoms with Crippen molar-refractivity contribution < 1.29 is 24.2 Å². The molecular weight excluding hydrogens is 262 g/mol. The molecule has 1 amide bonds. The lowest BCUT2D eigenvalue weighted by molar-refractivity contribution is -0.139. The number of cyclic esters (lactones) is 1. The summed E-state index contributed by atoms with van der Waals surface area (Å²) < 4.78 is 4.76. The summed E-state index contributed by atoms with van der Waals surface area (Å²) in [6.45, 7) is 3.56. The van der Waals surface area contributed by atoms with Gasteiger partial charge in [-0.3, -0.25) is 4.79 Å². The van der Waals surface area contributed by atoms with E-state index in [1.54, 1.807) is 26.0 Å². The van der Waals surface area contributed by atoms with Crippen molar-refractivity contribution >= 4 is 17.8 Å². The van der Waals surface area contributed by atoms with Gasteiger partial charge < -0.3 is 15.2 Å². The first-order chi connectivity index (χ1) is 9.41. The van der Waals surface area contributed by atoms with Crippen LogP contribution in [-0.4, -0.2) is 35.6 Å². The Bertz CT molecular complexity index is 593. The lowest BCUT2D eigenvalue weighted by Gasteiger charge is -2.14. The number of carboxylic acids is 1. The zero-order chi connectivity index (χ0) is 14.9. The first-order valence-corrected chi connectivity index (χ1v) is 6.23. The molecule has 6 nitrogen and oxygen atoms in total. The van der Waals surface area contributed by atoms with Crippen LogP contribution >= 0.6 is 0 Å². The van der Waals surface area contributed by atoms with Crippen molar-refractivity contribution in [2.45, 2.75) is 26.3 Å². The Hall–Kier alpha value is -2.37. The summed E-state index contributed by atoms with van der Waals surface area (Å²) in [6.07, 6.45) is 0.401. The summed E-state index contributed by atoms with van der Waals surface area (Å²) >= 11 is 0. The van der Waals surface area contributed by atoms with Crippen LogP contribution in [0, 0.1) is 13.8 Å². The van der Waals surface area contributed by atoms with E-state index in [4.69, 9.17) is 4.74 Å². The van der Waals surface area contributed by atoms with E-state index in [1.807, 2.05) is 0 Å². The first-order valence-electron chi connectivity index (χ1n) is 6.23. The van der Waals surface area contributed by atoms with Crippen LogP contribution in [0.3, 0.4) is 0 Å². The minimum absolute atomic E-state index is 0.0335. The molecule has 0 bridgehead atoms. The number of aromatic carboxylic acids is 1. The van der Waals surface area contributed by atoms with Crippen LogP contribution < -0.4 is 5.32 Å². The Kier molecular flexibility index (Phi) is 3.74. The highest BCUT2D eigenvalue weighted by molar-refractivity contribution is 6.07. The molecular formula is C14H15NO5. The number of ether oxygens (including phenoxy) is 1.